The number of thiazole rings is 1. The summed E-state index contributed by atoms with van der Waals surface area (Å²) in [5.41, 5.74) is 1.77. The van der Waals surface area contributed by atoms with E-state index in [4.69, 9.17) is 0 Å². The number of amides is 1. The number of hydrogen-bond acceptors (Lipinski definition) is 5. The molecular formula is C17H24Cl2N4OS. The van der Waals surface area contributed by atoms with Crippen molar-refractivity contribution < 1.29 is 4.79 Å². The molecule has 0 saturated carbocycles. The Labute approximate surface area is 165 Å². The maximum absolute atomic E-state index is 12.0. The molecule has 1 aromatic heterocycles. The third-order valence-electron chi connectivity index (χ3n) is 4.04. The molecule has 2 heterocycles. The topological polar surface area (TPSA) is 57.3 Å². The standard InChI is InChI=1S/C17H22N4OS.2ClH/c1-13-9-18-7-8-21(13)11-15-12-23-16(20-15)10-19-17(22)14-5-3-2-4-6-14;;/h2-6,12-13,18H,7-11H2,1H3,(H,19,22);2*1H/t13-;;/m0../s1. The van der Waals surface area contributed by atoms with Crippen LogP contribution in [0.4, 0.5) is 0 Å². The lowest BCUT2D eigenvalue weighted by atomic mass is 10.2. The van der Waals surface area contributed by atoms with Gasteiger partial charge in [-0.15, -0.1) is 36.2 Å². The molecule has 25 heavy (non-hydrogen) atoms. The molecule has 2 aromatic rings. The van der Waals surface area contributed by atoms with E-state index in [1.54, 1.807) is 11.3 Å². The van der Waals surface area contributed by atoms with E-state index in [1.807, 2.05) is 30.3 Å². The molecule has 1 saturated heterocycles. The van der Waals surface area contributed by atoms with E-state index in [9.17, 15) is 4.79 Å². The molecule has 0 aliphatic carbocycles. The van der Waals surface area contributed by atoms with Gasteiger partial charge in [-0.05, 0) is 19.1 Å². The Kier molecular flexibility index (Phi) is 9.38. The molecule has 1 fully saturated rings. The van der Waals surface area contributed by atoms with Crippen LogP contribution in [0, 0.1) is 0 Å². The summed E-state index contributed by atoms with van der Waals surface area (Å²) in [7, 11) is 0. The van der Waals surface area contributed by atoms with Gasteiger partial charge in [-0.25, -0.2) is 4.98 Å². The van der Waals surface area contributed by atoms with Crippen LogP contribution in [-0.4, -0.2) is 41.5 Å². The van der Waals surface area contributed by atoms with E-state index in [1.165, 1.54) is 0 Å². The number of rotatable bonds is 5. The Morgan fingerprint density at radius 2 is 2.12 bits per heavy atom. The summed E-state index contributed by atoms with van der Waals surface area (Å²) in [4.78, 5) is 19.1. The smallest absolute Gasteiger partial charge is 0.251 e. The Hall–Kier alpha value is -1.18. The lowest BCUT2D eigenvalue weighted by Gasteiger charge is -2.33. The van der Waals surface area contributed by atoms with Gasteiger partial charge in [0.25, 0.3) is 5.91 Å². The quantitative estimate of drug-likeness (QED) is 0.806. The summed E-state index contributed by atoms with van der Waals surface area (Å²) in [6.45, 7) is 6.72. The van der Waals surface area contributed by atoms with Gasteiger partial charge in [0.1, 0.15) is 5.01 Å². The zero-order valence-electron chi connectivity index (χ0n) is 14.1. The van der Waals surface area contributed by atoms with Crippen molar-refractivity contribution in [2.45, 2.75) is 26.1 Å². The number of benzene rings is 1. The number of aromatic nitrogens is 1. The second kappa shape index (κ2) is 10.7. The fraction of sp³-hybridized carbons (Fsp3) is 0.412. The summed E-state index contributed by atoms with van der Waals surface area (Å²) >= 11 is 1.61. The van der Waals surface area contributed by atoms with Crippen LogP contribution >= 0.6 is 36.2 Å². The minimum absolute atomic E-state index is 0. The molecule has 1 aromatic carbocycles. The van der Waals surface area contributed by atoms with Crippen molar-refractivity contribution in [3.8, 4) is 0 Å². The molecule has 1 amide bonds. The van der Waals surface area contributed by atoms with Crippen LogP contribution in [0.15, 0.2) is 35.7 Å². The fourth-order valence-corrected chi connectivity index (χ4v) is 3.40. The SMILES string of the molecule is C[C@H]1CNCCN1Cc1csc(CNC(=O)c2ccccc2)n1.Cl.Cl. The molecule has 2 N–H and O–H groups in total. The number of piperazine rings is 1. The summed E-state index contributed by atoms with van der Waals surface area (Å²) in [6.07, 6.45) is 0. The van der Waals surface area contributed by atoms with E-state index >= 15 is 0 Å². The van der Waals surface area contributed by atoms with Crippen LogP contribution in [-0.2, 0) is 13.1 Å². The zero-order valence-corrected chi connectivity index (χ0v) is 16.6. The number of nitrogens with one attached hydrogen (secondary N) is 2. The Morgan fingerprint density at radius 1 is 1.36 bits per heavy atom. The van der Waals surface area contributed by atoms with E-state index in [0.717, 1.165) is 36.9 Å². The maximum Gasteiger partial charge on any atom is 0.251 e. The van der Waals surface area contributed by atoms with Crippen LogP contribution < -0.4 is 10.6 Å². The molecule has 1 atom stereocenters. The molecule has 5 nitrogen and oxygen atoms in total. The average Bonchev–Trinajstić information content (AvgIpc) is 3.03. The van der Waals surface area contributed by atoms with Crippen LogP contribution in [0.3, 0.4) is 0 Å². The van der Waals surface area contributed by atoms with Crippen molar-refractivity contribution in [2.75, 3.05) is 19.6 Å². The minimum atomic E-state index is -0.0573. The molecular weight excluding hydrogens is 379 g/mol. The normalized spacial score (nSPS) is 17.2. The molecule has 3 rings (SSSR count). The first-order valence-corrected chi connectivity index (χ1v) is 8.81. The van der Waals surface area contributed by atoms with Gasteiger partial charge in [0, 0.05) is 43.2 Å². The van der Waals surface area contributed by atoms with Crippen molar-refractivity contribution in [3.05, 3.63) is 52.0 Å². The molecule has 0 spiro atoms. The van der Waals surface area contributed by atoms with Crippen molar-refractivity contribution in [3.63, 3.8) is 0 Å². The van der Waals surface area contributed by atoms with Gasteiger partial charge in [0.05, 0.1) is 12.2 Å². The molecule has 0 radical (unpaired) electrons. The van der Waals surface area contributed by atoms with Gasteiger partial charge < -0.3 is 10.6 Å². The molecule has 138 valence electrons. The van der Waals surface area contributed by atoms with E-state index in [-0.39, 0.29) is 30.7 Å². The first-order chi connectivity index (χ1) is 11.2. The van der Waals surface area contributed by atoms with Gasteiger partial charge in [0.2, 0.25) is 0 Å². The van der Waals surface area contributed by atoms with Gasteiger partial charge >= 0.3 is 0 Å². The number of halogens is 2. The van der Waals surface area contributed by atoms with E-state index in [2.05, 4.69) is 32.8 Å². The van der Waals surface area contributed by atoms with Crippen LogP contribution in [0.1, 0.15) is 28.0 Å². The second-order valence-corrected chi connectivity index (χ2v) is 6.75. The highest BCUT2D eigenvalue weighted by atomic mass is 35.5. The van der Waals surface area contributed by atoms with Crippen molar-refractivity contribution in [1.29, 1.82) is 0 Å². The maximum atomic E-state index is 12.0. The summed E-state index contributed by atoms with van der Waals surface area (Å²) in [5, 5.41) is 9.37. The second-order valence-electron chi connectivity index (χ2n) is 5.80. The monoisotopic (exact) mass is 402 g/mol. The molecule has 1 aliphatic rings. The van der Waals surface area contributed by atoms with Crippen molar-refractivity contribution >= 4 is 42.1 Å². The zero-order chi connectivity index (χ0) is 16.1. The number of nitrogens with zero attached hydrogens (tertiary/aromatic N) is 2. The van der Waals surface area contributed by atoms with Crippen molar-refractivity contribution in [1.82, 2.24) is 20.5 Å². The van der Waals surface area contributed by atoms with Gasteiger partial charge in [0.15, 0.2) is 0 Å². The summed E-state index contributed by atoms with van der Waals surface area (Å²) in [5.74, 6) is -0.0573. The number of carbonyl (C=O) groups is 1. The molecule has 8 heteroatoms. The first-order valence-electron chi connectivity index (χ1n) is 7.93. The summed E-state index contributed by atoms with van der Waals surface area (Å²) in [6, 6.07) is 9.80. The Bertz CT molecular complexity index is 653. The van der Waals surface area contributed by atoms with E-state index < -0.39 is 0 Å². The number of carbonyl (C=O) groups excluding carboxylic acids is 1. The van der Waals surface area contributed by atoms with Crippen LogP contribution in [0.5, 0.6) is 0 Å². The van der Waals surface area contributed by atoms with Gasteiger partial charge in [-0.1, -0.05) is 18.2 Å². The number of hydrogen-bond donors (Lipinski definition) is 2. The lowest BCUT2D eigenvalue weighted by molar-refractivity contribution is 0.0951. The summed E-state index contributed by atoms with van der Waals surface area (Å²) < 4.78 is 0. The third kappa shape index (κ3) is 6.24. The molecule has 1 aliphatic heterocycles. The van der Waals surface area contributed by atoms with Crippen LogP contribution in [0.2, 0.25) is 0 Å². The van der Waals surface area contributed by atoms with Crippen LogP contribution in [0.25, 0.3) is 0 Å². The highest BCUT2D eigenvalue weighted by molar-refractivity contribution is 7.09. The predicted octanol–water partition coefficient (Wildman–Crippen LogP) is 2.71. The Morgan fingerprint density at radius 3 is 2.84 bits per heavy atom. The molecule has 0 unspecified atom stereocenters. The highest BCUT2D eigenvalue weighted by Gasteiger charge is 2.18. The fourth-order valence-electron chi connectivity index (χ4n) is 2.68. The van der Waals surface area contributed by atoms with Gasteiger partial charge in [-0.2, -0.15) is 0 Å². The first kappa shape index (κ1) is 21.9. The predicted molar refractivity (Wildman–Crippen MR) is 107 cm³/mol. The highest BCUT2D eigenvalue weighted by Crippen LogP contribution is 2.14. The van der Waals surface area contributed by atoms with Crippen molar-refractivity contribution in [2.24, 2.45) is 0 Å². The Balaban J connectivity index is 0.00000156. The third-order valence-corrected chi connectivity index (χ3v) is 4.94. The lowest BCUT2D eigenvalue weighted by Crippen LogP contribution is -2.49. The van der Waals surface area contributed by atoms with Gasteiger partial charge in [-0.3, -0.25) is 9.69 Å². The largest absolute Gasteiger partial charge is 0.346 e. The van der Waals surface area contributed by atoms with E-state index in [0.29, 0.717) is 18.2 Å². The minimum Gasteiger partial charge on any atom is -0.346 e. The molecule has 0 bridgehead atoms. The average molecular weight is 403 g/mol.